The smallest absolute Gasteiger partial charge is 0.317 e. The molecule has 0 atom stereocenters. The fourth-order valence-electron chi connectivity index (χ4n) is 1.19. The Bertz CT molecular complexity index is 348. The van der Waals surface area contributed by atoms with E-state index in [2.05, 4.69) is 5.32 Å². The predicted octanol–water partition coefficient (Wildman–Crippen LogP) is -0.0878. The lowest BCUT2D eigenvalue weighted by Crippen LogP contribution is -2.37. The number of likely N-dealkylation sites (N-methyl/N-ethyl adjacent to an activating group) is 1. The number of carbonyl (C=O) groups is 2. The van der Waals surface area contributed by atoms with E-state index in [0.29, 0.717) is 12.3 Å². The van der Waals surface area contributed by atoms with Crippen LogP contribution in [-0.4, -0.2) is 42.0 Å². The van der Waals surface area contributed by atoms with Gasteiger partial charge in [0.25, 0.3) is 0 Å². The van der Waals surface area contributed by atoms with Gasteiger partial charge in [-0.1, -0.05) is 0 Å². The number of nitrogens with one attached hydrogen (secondary N) is 1. The van der Waals surface area contributed by atoms with Crippen LogP contribution >= 0.6 is 0 Å². The van der Waals surface area contributed by atoms with Gasteiger partial charge in [0, 0.05) is 0 Å². The van der Waals surface area contributed by atoms with Gasteiger partial charge in [0.2, 0.25) is 5.91 Å². The van der Waals surface area contributed by atoms with Gasteiger partial charge in [-0.3, -0.25) is 14.5 Å². The van der Waals surface area contributed by atoms with Gasteiger partial charge >= 0.3 is 5.97 Å². The molecular formula is C10H14N2O4. The Kier molecular flexibility index (Phi) is 4.53. The largest absolute Gasteiger partial charge is 0.480 e. The molecule has 0 aliphatic rings. The number of amides is 1. The molecule has 0 saturated heterocycles. The molecule has 0 unspecified atom stereocenters. The van der Waals surface area contributed by atoms with Crippen molar-refractivity contribution >= 4 is 11.9 Å². The Balaban J connectivity index is 2.23. The quantitative estimate of drug-likeness (QED) is 0.708. The van der Waals surface area contributed by atoms with Crippen LogP contribution in [0.1, 0.15) is 5.76 Å². The number of hydrogen-bond donors (Lipinski definition) is 2. The molecule has 0 aliphatic heterocycles. The highest BCUT2D eigenvalue weighted by Crippen LogP contribution is 1.98. The fourth-order valence-corrected chi connectivity index (χ4v) is 1.19. The third kappa shape index (κ3) is 4.61. The van der Waals surface area contributed by atoms with Crippen molar-refractivity contribution in [2.24, 2.45) is 0 Å². The second-order valence-corrected chi connectivity index (χ2v) is 3.42. The third-order valence-electron chi connectivity index (χ3n) is 1.86. The first-order valence-corrected chi connectivity index (χ1v) is 4.77. The fraction of sp³-hybridized carbons (Fsp3) is 0.400. The van der Waals surface area contributed by atoms with Crippen molar-refractivity contribution in [3.8, 4) is 0 Å². The number of rotatable bonds is 6. The second-order valence-electron chi connectivity index (χ2n) is 3.42. The summed E-state index contributed by atoms with van der Waals surface area (Å²) in [6, 6.07) is 3.49. The minimum Gasteiger partial charge on any atom is -0.480 e. The Morgan fingerprint density at radius 2 is 2.25 bits per heavy atom. The van der Waals surface area contributed by atoms with Crippen molar-refractivity contribution in [2.75, 3.05) is 20.1 Å². The molecule has 1 aromatic heterocycles. The molecule has 0 aromatic carbocycles. The lowest BCUT2D eigenvalue weighted by molar-refractivity contribution is -0.138. The molecule has 1 aromatic rings. The molecule has 0 bridgehead atoms. The zero-order valence-electron chi connectivity index (χ0n) is 8.97. The zero-order chi connectivity index (χ0) is 12.0. The topological polar surface area (TPSA) is 82.8 Å². The van der Waals surface area contributed by atoms with Crippen LogP contribution in [-0.2, 0) is 16.1 Å². The van der Waals surface area contributed by atoms with E-state index in [9.17, 15) is 9.59 Å². The second kappa shape index (κ2) is 5.92. The van der Waals surface area contributed by atoms with Gasteiger partial charge in [0.1, 0.15) is 5.76 Å². The molecular weight excluding hydrogens is 212 g/mol. The Labute approximate surface area is 92.8 Å². The first-order chi connectivity index (χ1) is 7.58. The summed E-state index contributed by atoms with van der Waals surface area (Å²) in [4.78, 5) is 23.1. The number of carboxylic acids is 1. The SMILES string of the molecule is CN(CC(=O)O)CC(=O)NCc1ccco1. The van der Waals surface area contributed by atoms with Crippen LogP contribution in [0.25, 0.3) is 0 Å². The van der Waals surface area contributed by atoms with Gasteiger partial charge in [-0.05, 0) is 19.2 Å². The van der Waals surface area contributed by atoms with E-state index in [4.69, 9.17) is 9.52 Å². The summed E-state index contributed by atoms with van der Waals surface area (Å²) in [6.45, 7) is 0.202. The number of furan rings is 1. The summed E-state index contributed by atoms with van der Waals surface area (Å²) >= 11 is 0. The Morgan fingerprint density at radius 3 is 2.81 bits per heavy atom. The standard InChI is InChI=1S/C10H14N2O4/c1-12(7-10(14)15)6-9(13)11-5-8-3-2-4-16-8/h2-4H,5-7H2,1H3,(H,11,13)(H,14,15). The summed E-state index contributed by atoms with van der Waals surface area (Å²) in [5.74, 6) is -0.532. The number of carboxylic acid groups (broad SMARTS) is 1. The molecule has 1 rings (SSSR count). The highest BCUT2D eigenvalue weighted by molar-refractivity contribution is 5.78. The minimum absolute atomic E-state index is 0.0486. The van der Waals surface area contributed by atoms with E-state index in [-0.39, 0.29) is 19.0 Å². The van der Waals surface area contributed by atoms with Gasteiger partial charge in [-0.15, -0.1) is 0 Å². The average Bonchev–Trinajstić information content (AvgIpc) is 2.65. The highest BCUT2D eigenvalue weighted by atomic mass is 16.4. The van der Waals surface area contributed by atoms with Crippen molar-refractivity contribution in [3.63, 3.8) is 0 Å². The average molecular weight is 226 g/mol. The molecule has 6 heteroatoms. The first kappa shape index (κ1) is 12.3. The van der Waals surface area contributed by atoms with Gasteiger partial charge in [0.05, 0.1) is 25.9 Å². The maximum absolute atomic E-state index is 11.3. The predicted molar refractivity (Wildman–Crippen MR) is 55.7 cm³/mol. The lowest BCUT2D eigenvalue weighted by Gasteiger charge is -2.12. The Morgan fingerprint density at radius 1 is 1.50 bits per heavy atom. The van der Waals surface area contributed by atoms with Crippen LogP contribution < -0.4 is 5.32 Å². The van der Waals surface area contributed by atoms with Crippen LogP contribution in [0.5, 0.6) is 0 Å². The van der Waals surface area contributed by atoms with E-state index in [1.165, 1.54) is 11.2 Å². The van der Waals surface area contributed by atoms with E-state index in [0.717, 1.165) is 0 Å². The lowest BCUT2D eigenvalue weighted by atomic mass is 10.4. The molecule has 16 heavy (non-hydrogen) atoms. The molecule has 0 aliphatic carbocycles. The van der Waals surface area contributed by atoms with Crippen LogP contribution in [0.4, 0.5) is 0 Å². The third-order valence-corrected chi connectivity index (χ3v) is 1.86. The van der Waals surface area contributed by atoms with Crippen molar-refractivity contribution in [2.45, 2.75) is 6.54 Å². The van der Waals surface area contributed by atoms with Gasteiger partial charge < -0.3 is 14.8 Å². The summed E-state index contributed by atoms with van der Waals surface area (Å²) < 4.78 is 5.03. The van der Waals surface area contributed by atoms with E-state index < -0.39 is 5.97 Å². The van der Waals surface area contributed by atoms with E-state index in [1.54, 1.807) is 19.2 Å². The monoisotopic (exact) mass is 226 g/mol. The molecule has 0 saturated carbocycles. The maximum atomic E-state index is 11.3. The summed E-state index contributed by atoms with van der Waals surface area (Å²) in [5, 5.41) is 11.1. The van der Waals surface area contributed by atoms with Crippen LogP contribution in [0, 0.1) is 0 Å². The zero-order valence-corrected chi connectivity index (χ0v) is 8.97. The molecule has 6 nitrogen and oxygen atoms in total. The molecule has 0 spiro atoms. The van der Waals surface area contributed by atoms with Crippen molar-refractivity contribution in [1.82, 2.24) is 10.2 Å². The minimum atomic E-state index is -0.957. The van der Waals surface area contributed by atoms with Gasteiger partial charge in [-0.25, -0.2) is 0 Å². The van der Waals surface area contributed by atoms with Crippen molar-refractivity contribution < 1.29 is 19.1 Å². The van der Waals surface area contributed by atoms with Crippen LogP contribution in [0.2, 0.25) is 0 Å². The van der Waals surface area contributed by atoms with Crippen LogP contribution in [0.3, 0.4) is 0 Å². The van der Waals surface area contributed by atoms with E-state index >= 15 is 0 Å². The maximum Gasteiger partial charge on any atom is 0.317 e. The molecule has 2 N–H and O–H groups in total. The van der Waals surface area contributed by atoms with Crippen molar-refractivity contribution in [3.05, 3.63) is 24.2 Å². The Hall–Kier alpha value is -1.82. The highest BCUT2D eigenvalue weighted by Gasteiger charge is 2.09. The summed E-state index contributed by atoms with van der Waals surface area (Å²) in [7, 11) is 1.57. The van der Waals surface area contributed by atoms with Gasteiger partial charge in [-0.2, -0.15) is 0 Å². The summed E-state index contributed by atoms with van der Waals surface area (Å²) in [6.07, 6.45) is 1.53. The number of nitrogens with zero attached hydrogens (tertiary/aromatic N) is 1. The molecule has 1 heterocycles. The number of aliphatic carboxylic acids is 1. The first-order valence-electron chi connectivity index (χ1n) is 4.77. The number of carbonyl (C=O) groups excluding carboxylic acids is 1. The van der Waals surface area contributed by atoms with Crippen molar-refractivity contribution in [1.29, 1.82) is 0 Å². The van der Waals surface area contributed by atoms with Crippen LogP contribution in [0.15, 0.2) is 22.8 Å². The molecule has 0 radical (unpaired) electrons. The molecule has 88 valence electrons. The molecule has 0 fully saturated rings. The number of hydrogen-bond acceptors (Lipinski definition) is 4. The van der Waals surface area contributed by atoms with Gasteiger partial charge in [0.15, 0.2) is 0 Å². The normalized spacial score (nSPS) is 10.4. The molecule has 1 amide bonds. The van der Waals surface area contributed by atoms with E-state index in [1.807, 2.05) is 0 Å². The summed E-state index contributed by atoms with van der Waals surface area (Å²) in [5.41, 5.74) is 0.